The van der Waals surface area contributed by atoms with Gasteiger partial charge in [-0.15, -0.1) is 6.58 Å². The smallest absolute Gasteiger partial charge is 0.231 e. The summed E-state index contributed by atoms with van der Waals surface area (Å²) in [4.78, 5) is 0. The maximum atomic E-state index is 12.4. The Morgan fingerprint density at radius 2 is 2.17 bits per heavy atom. The highest BCUT2D eigenvalue weighted by Gasteiger charge is 2.36. The fourth-order valence-electron chi connectivity index (χ4n) is 2.81. The first-order valence-corrected chi connectivity index (χ1v) is 8.89. The molecule has 0 amide bonds. The van der Waals surface area contributed by atoms with E-state index < -0.39 is 7.37 Å². The summed E-state index contributed by atoms with van der Waals surface area (Å²) in [7, 11) is -2.93. The number of hydrogen-bond donors (Lipinski definition) is 1. The van der Waals surface area contributed by atoms with Gasteiger partial charge in [0, 0.05) is 6.16 Å². The van der Waals surface area contributed by atoms with Crippen molar-refractivity contribution >= 4 is 7.37 Å². The summed E-state index contributed by atoms with van der Waals surface area (Å²) < 4.78 is 18.2. The summed E-state index contributed by atoms with van der Waals surface area (Å²) in [5.41, 5.74) is 0. The SMILES string of the molecule is C=CC[P@](=O)(CO)O[C@@H]1C[C@H](C)CC[C@H]1C(C)C. The van der Waals surface area contributed by atoms with Gasteiger partial charge in [-0.2, -0.15) is 0 Å². The van der Waals surface area contributed by atoms with E-state index in [1.54, 1.807) is 6.08 Å². The van der Waals surface area contributed by atoms with Crippen LogP contribution in [0.15, 0.2) is 12.7 Å². The second kappa shape index (κ2) is 6.88. The molecule has 0 aromatic carbocycles. The molecule has 0 aromatic rings. The monoisotopic (exact) mass is 274 g/mol. The molecule has 4 atom stereocenters. The molecule has 106 valence electrons. The third-order valence-corrected chi connectivity index (χ3v) is 5.81. The summed E-state index contributed by atoms with van der Waals surface area (Å²) >= 11 is 0. The lowest BCUT2D eigenvalue weighted by Gasteiger charge is -2.38. The standard InChI is InChI=1S/C14H27O3P/c1-5-8-18(16,10-15)17-14-9-12(4)6-7-13(14)11(2)3/h5,11-15H,1,6-10H2,2-4H3/t12-,13+,14-,18-/m1/s1. The topological polar surface area (TPSA) is 46.5 Å². The average molecular weight is 274 g/mol. The van der Waals surface area contributed by atoms with E-state index >= 15 is 0 Å². The van der Waals surface area contributed by atoms with E-state index in [4.69, 9.17) is 4.52 Å². The Kier molecular flexibility index (Phi) is 6.10. The maximum Gasteiger partial charge on any atom is 0.231 e. The number of hydrogen-bond acceptors (Lipinski definition) is 3. The van der Waals surface area contributed by atoms with Gasteiger partial charge in [0.1, 0.15) is 6.35 Å². The van der Waals surface area contributed by atoms with Crippen LogP contribution in [0.5, 0.6) is 0 Å². The highest BCUT2D eigenvalue weighted by Crippen LogP contribution is 2.51. The predicted octanol–water partition coefficient (Wildman–Crippen LogP) is 3.88. The first kappa shape index (κ1) is 15.9. The Balaban J connectivity index is 2.76. The second-order valence-corrected chi connectivity index (χ2v) is 8.39. The average Bonchev–Trinajstić information content (AvgIpc) is 2.29. The predicted molar refractivity (Wildman–Crippen MR) is 76.0 cm³/mol. The minimum Gasteiger partial charge on any atom is -0.386 e. The van der Waals surface area contributed by atoms with Gasteiger partial charge in [0.05, 0.1) is 6.10 Å². The van der Waals surface area contributed by atoms with E-state index in [1.165, 1.54) is 6.42 Å². The molecule has 0 aliphatic heterocycles. The van der Waals surface area contributed by atoms with Crippen LogP contribution in [-0.2, 0) is 9.09 Å². The van der Waals surface area contributed by atoms with Crippen LogP contribution >= 0.6 is 7.37 Å². The van der Waals surface area contributed by atoms with Crippen LogP contribution in [0.3, 0.4) is 0 Å². The minimum atomic E-state index is -2.93. The Labute approximate surface area is 111 Å². The van der Waals surface area contributed by atoms with Crippen LogP contribution in [0.25, 0.3) is 0 Å². The minimum absolute atomic E-state index is 0.0201. The molecule has 0 radical (unpaired) electrons. The van der Waals surface area contributed by atoms with Crippen molar-refractivity contribution in [3.8, 4) is 0 Å². The molecule has 1 fully saturated rings. The van der Waals surface area contributed by atoms with Gasteiger partial charge in [-0.25, -0.2) is 0 Å². The molecule has 1 N–H and O–H groups in total. The molecule has 0 unspecified atom stereocenters. The molecule has 3 nitrogen and oxygen atoms in total. The normalized spacial score (nSPS) is 32.2. The maximum absolute atomic E-state index is 12.4. The zero-order valence-corrected chi connectivity index (χ0v) is 12.7. The van der Waals surface area contributed by atoms with Crippen LogP contribution in [-0.4, -0.2) is 23.7 Å². The molecule has 18 heavy (non-hydrogen) atoms. The summed E-state index contributed by atoms with van der Waals surface area (Å²) in [6.07, 6.45) is 4.77. The number of allylic oxidation sites excluding steroid dienone is 1. The van der Waals surface area contributed by atoms with Crippen molar-refractivity contribution in [3.63, 3.8) is 0 Å². The molecule has 0 bridgehead atoms. The highest BCUT2D eigenvalue weighted by atomic mass is 31.2. The molecule has 1 aliphatic rings. The van der Waals surface area contributed by atoms with Gasteiger partial charge in [-0.1, -0.05) is 33.3 Å². The van der Waals surface area contributed by atoms with Gasteiger partial charge in [0.25, 0.3) is 0 Å². The van der Waals surface area contributed by atoms with Crippen LogP contribution in [0.2, 0.25) is 0 Å². The van der Waals surface area contributed by atoms with E-state index in [-0.39, 0.29) is 18.6 Å². The van der Waals surface area contributed by atoms with Gasteiger partial charge in [-0.3, -0.25) is 4.57 Å². The van der Waals surface area contributed by atoms with Crippen molar-refractivity contribution in [1.82, 2.24) is 0 Å². The second-order valence-electron chi connectivity index (χ2n) is 5.90. The fraction of sp³-hybridized carbons (Fsp3) is 0.857. The largest absolute Gasteiger partial charge is 0.386 e. The molecule has 1 aliphatic carbocycles. The molecular formula is C14H27O3P. The van der Waals surface area contributed by atoms with Crippen molar-refractivity contribution in [2.75, 3.05) is 12.5 Å². The van der Waals surface area contributed by atoms with E-state index in [9.17, 15) is 9.67 Å². The summed E-state index contributed by atoms with van der Waals surface area (Å²) in [5, 5.41) is 9.30. The lowest BCUT2D eigenvalue weighted by atomic mass is 9.75. The molecule has 0 spiro atoms. The van der Waals surface area contributed by atoms with Gasteiger partial charge < -0.3 is 9.63 Å². The molecule has 0 heterocycles. The van der Waals surface area contributed by atoms with Crippen LogP contribution in [0.4, 0.5) is 0 Å². The van der Waals surface area contributed by atoms with Crippen molar-refractivity contribution in [2.24, 2.45) is 17.8 Å². The quantitative estimate of drug-likeness (QED) is 0.590. The zero-order valence-electron chi connectivity index (χ0n) is 11.8. The molecule has 4 heteroatoms. The van der Waals surface area contributed by atoms with Gasteiger partial charge in [0.2, 0.25) is 7.37 Å². The lowest BCUT2D eigenvalue weighted by molar-refractivity contribution is 0.0456. The van der Waals surface area contributed by atoms with E-state index in [0.717, 1.165) is 12.8 Å². The summed E-state index contributed by atoms with van der Waals surface area (Å²) in [6, 6.07) is 0. The molecule has 1 saturated carbocycles. The zero-order chi connectivity index (χ0) is 13.8. The highest BCUT2D eigenvalue weighted by molar-refractivity contribution is 7.58. The summed E-state index contributed by atoms with van der Waals surface area (Å²) in [5.74, 6) is 1.59. The van der Waals surface area contributed by atoms with Crippen LogP contribution in [0, 0.1) is 17.8 Å². The molecule has 1 rings (SSSR count). The Bertz CT molecular complexity index is 314. The molecular weight excluding hydrogens is 247 g/mol. The van der Waals surface area contributed by atoms with Crippen molar-refractivity contribution in [1.29, 1.82) is 0 Å². The van der Waals surface area contributed by atoms with E-state index in [2.05, 4.69) is 27.4 Å². The molecule has 0 aromatic heterocycles. The number of aliphatic hydroxyl groups excluding tert-OH is 1. The van der Waals surface area contributed by atoms with E-state index in [0.29, 0.717) is 17.8 Å². The van der Waals surface area contributed by atoms with Gasteiger partial charge in [-0.05, 0) is 30.6 Å². The van der Waals surface area contributed by atoms with Crippen molar-refractivity contribution in [3.05, 3.63) is 12.7 Å². The van der Waals surface area contributed by atoms with Crippen molar-refractivity contribution in [2.45, 2.75) is 46.1 Å². The van der Waals surface area contributed by atoms with E-state index in [1.807, 2.05) is 0 Å². The third-order valence-electron chi connectivity index (χ3n) is 3.91. The number of aliphatic hydroxyl groups is 1. The molecule has 0 saturated heterocycles. The van der Waals surface area contributed by atoms with Crippen LogP contribution < -0.4 is 0 Å². The van der Waals surface area contributed by atoms with Crippen LogP contribution in [0.1, 0.15) is 40.0 Å². The third kappa shape index (κ3) is 4.22. The number of rotatable bonds is 6. The Morgan fingerprint density at radius 1 is 1.50 bits per heavy atom. The lowest BCUT2D eigenvalue weighted by Crippen LogP contribution is -2.34. The van der Waals surface area contributed by atoms with Gasteiger partial charge >= 0.3 is 0 Å². The van der Waals surface area contributed by atoms with Gasteiger partial charge in [0.15, 0.2) is 0 Å². The Morgan fingerprint density at radius 3 is 2.67 bits per heavy atom. The van der Waals surface area contributed by atoms with Crippen molar-refractivity contribution < 1.29 is 14.2 Å². The first-order valence-electron chi connectivity index (χ1n) is 6.90. The first-order chi connectivity index (χ1) is 8.41. The fourth-order valence-corrected chi connectivity index (χ4v) is 4.21. The Hall–Kier alpha value is -0.110. The summed E-state index contributed by atoms with van der Waals surface area (Å²) in [6.45, 7) is 10.2.